The minimum atomic E-state index is 0.288. The van der Waals surface area contributed by atoms with Gasteiger partial charge in [0.1, 0.15) is 0 Å². The number of hydrogen-bond donors (Lipinski definition) is 1. The van der Waals surface area contributed by atoms with Crippen LogP contribution in [0.3, 0.4) is 0 Å². The molecule has 15 heavy (non-hydrogen) atoms. The van der Waals surface area contributed by atoms with Crippen LogP contribution in [-0.2, 0) is 6.42 Å². The Morgan fingerprint density at radius 3 is 3.07 bits per heavy atom. The van der Waals surface area contributed by atoms with E-state index in [-0.39, 0.29) is 5.78 Å². The van der Waals surface area contributed by atoms with Crippen molar-refractivity contribution in [2.45, 2.75) is 12.8 Å². The maximum absolute atomic E-state index is 11.4. The number of hydrogen-bond acceptors (Lipinski definition) is 2. The molecule has 0 spiro atoms. The van der Waals surface area contributed by atoms with Gasteiger partial charge in [0.25, 0.3) is 0 Å². The van der Waals surface area contributed by atoms with E-state index in [0.717, 1.165) is 18.5 Å². The molecule has 1 aliphatic carbocycles. The summed E-state index contributed by atoms with van der Waals surface area (Å²) in [5.41, 5.74) is 3.30. The summed E-state index contributed by atoms with van der Waals surface area (Å²) in [6.07, 6.45) is 5.75. The fourth-order valence-corrected chi connectivity index (χ4v) is 1.89. The number of likely N-dealkylation sites (N-methyl/N-ethyl adjacent to an activating group) is 1. The Morgan fingerprint density at radius 2 is 2.27 bits per heavy atom. The SMILES string of the molecule is CNCC=Cc1ccc2c(c1)CCC2=O. The van der Waals surface area contributed by atoms with Crippen molar-refractivity contribution in [1.82, 2.24) is 5.32 Å². The van der Waals surface area contributed by atoms with E-state index >= 15 is 0 Å². The zero-order valence-electron chi connectivity index (χ0n) is 8.92. The van der Waals surface area contributed by atoms with Crippen LogP contribution in [-0.4, -0.2) is 19.4 Å². The van der Waals surface area contributed by atoms with Crippen LogP contribution in [0, 0.1) is 0 Å². The highest BCUT2D eigenvalue weighted by atomic mass is 16.1. The lowest BCUT2D eigenvalue weighted by atomic mass is 10.1. The van der Waals surface area contributed by atoms with Gasteiger partial charge >= 0.3 is 0 Å². The van der Waals surface area contributed by atoms with Gasteiger partial charge in [-0.15, -0.1) is 0 Å². The Hall–Kier alpha value is -1.41. The quantitative estimate of drug-likeness (QED) is 0.811. The summed E-state index contributed by atoms with van der Waals surface area (Å²) in [6.45, 7) is 0.871. The summed E-state index contributed by atoms with van der Waals surface area (Å²) in [7, 11) is 1.92. The molecule has 0 aromatic heterocycles. The lowest BCUT2D eigenvalue weighted by Gasteiger charge is -1.99. The van der Waals surface area contributed by atoms with Crippen LogP contribution in [0.2, 0.25) is 0 Å². The Labute approximate surface area is 90.0 Å². The molecular weight excluding hydrogens is 186 g/mol. The third kappa shape index (κ3) is 2.16. The lowest BCUT2D eigenvalue weighted by molar-refractivity contribution is 0.0994. The summed E-state index contributed by atoms with van der Waals surface area (Å²) < 4.78 is 0. The average molecular weight is 201 g/mol. The Balaban J connectivity index is 2.19. The zero-order chi connectivity index (χ0) is 10.7. The van der Waals surface area contributed by atoms with Crippen LogP contribution in [0.15, 0.2) is 24.3 Å². The fourth-order valence-electron chi connectivity index (χ4n) is 1.89. The second-order valence-corrected chi connectivity index (χ2v) is 3.80. The summed E-state index contributed by atoms with van der Waals surface area (Å²) >= 11 is 0. The second kappa shape index (κ2) is 4.41. The van der Waals surface area contributed by atoms with Crippen molar-refractivity contribution in [1.29, 1.82) is 0 Å². The number of nitrogens with one attached hydrogen (secondary N) is 1. The highest BCUT2D eigenvalue weighted by Crippen LogP contribution is 2.23. The summed E-state index contributed by atoms with van der Waals surface area (Å²) in [5.74, 6) is 0.288. The highest BCUT2D eigenvalue weighted by molar-refractivity contribution is 6.00. The van der Waals surface area contributed by atoms with Crippen LogP contribution in [0.25, 0.3) is 6.08 Å². The number of Topliss-reactive ketones (excluding diaryl/α,β-unsaturated/α-hetero) is 1. The molecule has 2 rings (SSSR count). The third-order valence-corrected chi connectivity index (χ3v) is 2.68. The highest BCUT2D eigenvalue weighted by Gasteiger charge is 2.18. The van der Waals surface area contributed by atoms with Crippen molar-refractivity contribution in [3.05, 3.63) is 41.0 Å². The topological polar surface area (TPSA) is 29.1 Å². The maximum Gasteiger partial charge on any atom is 0.163 e. The summed E-state index contributed by atoms with van der Waals surface area (Å²) in [6, 6.07) is 6.07. The minimum absolute atomic E-state index is 0.288. The predicted molar refractivity (Wildman–Crippen MR) is 62.1 cm³/mol. The molecule has 0 bridgehead atoms. The van der Waals surface area contributed by atoms with Crippen LogP contribution in [0.5, 0.6) is 0 Å². The van der Waals surface area contributed by atoms with Gasteiger partial charge in [-0.25, -0.2) is 0 Å². The van der Waals surface area contributed by atoms with Gasteiger partial charge < -0.3 is 5.32 Å². The van der Waals surface area contributed by atoms with Crippen LogP contribution >= 0.6 is 0 Å². The Kier molecular flexibility index (Phi) is 2.97. The van der Waals surface area contributed by atoms with E-state index < -0.39 is 0 Å². The number of ketones is 1. The molecule has 2 heteroatoms. The van der Waals surface area contributed by atoms with E-state index in [1.54, 1.807) is 0 Å². The first-order chi connectivity index (χ1) is 7.31. The maximum atomic E-state index is 11.4. The molecule has 0 unspecified atom stereocenters. The second-order valence-electron chi connectivity index (χ2n) is 3.80. The largest absolute Gasteiger partial charge is 0.316 e. The molecule has 0 saturated carbocycles. The molecule has 0 radical (unpaired) electrons. The first kappa shape index (κ1) is 10.1. The molecule has 1 aliphatic rings. The number of carbonyl (C=O) groups is 1. The van der Waals surface area contributed by atoms with Gasteiger partial charge in [0.2, 0.25) is 0 Å². The van der Waals surface area contributed by atoms with E-state index in [0.29, 0.717) is 6.42 Å². The zero-order valence-corrected chi connectivity index (χ0v) is 8.92. The Bertz CT molecular complexity index is 407. The van der Waals surface area contributed by atoms with Crippen molar-refractivity contribution in [3.63, 3.8) is 0 Å². The minimum Gasteiger partial charge on any atom is -0.316 e. The van der Waals surface area contributed by atoms with Gasteiger partial charge in [0.15, 0.2) is 5.78 Å². The summed E-state index contributed by atoms with van der Waals surface area (Å²) in [5, 5.41) is 3.06. The third-order valence-electron chi connectivity index (χ3n) is 2.68. The van der Waals surface area contributed by atoms with Gasteiger partial charge in [0.05, 0.1) is 0 Å². The van der Waals surface area contributed by atoms with Crippen molar-refractivity contribution >= 4 is 11.9 Å². The standard InChI is InChI=1S/C13H15NO/c1-14-8-2-3-10-4-6-12-11(9-10)5-7-13(12)15/h2-4,6,9,14H,5,7-8H2,1H3. The first-order valence-electron chi connectivity index (χ1n) is 5.28. The Morgan fingerprint density at radius 1 is 1.40 bits per heavy atom. The fraction of sp³-hybridized carbons (Fsp3) is 0.308. The summed E-state index contributed by atoms with van der Waals surface area (Å²) in [4.78, 5) is 11.4. The van der Waals surface area contributed by atoms with Gasteiger partial charge in [-0.2, -0.15) is 0 Å². The van der Waals surface area contributed by atoms with E-state index in [1.165, 1.54) is 11.1 Å². The van der Waals surface area contributed by atoms with E-state index in [9.17, 15) is 4.79 Å². The van der Waals surface area contributed by atoms with Crippen LogP contribution in [0.4, 0.5) is 0 Å². The molecule has 1 N–H and O–H groups in total. The number of aryl methyl sites for hydroxylation is 1. The average Bonchev–Trinajstić information content (AvgIpc) is 2.61. The van der Waals surface area contributed by atoms with Gasteiger partial charge in [-0.3, -0.25) is 4.79 Å². The molecule has 78 valence electrons. The molecule has 1 aromatic carbocycles. The first-order valence-corrected chi connectivity index (χ1v) is 5.28. The molecular formula is C13H15NO. The number of rotatable bonds is 3. The molecule has 0 amide bonds. The smallest absolute Gasteiger partial charge is 0.163 e. The van der Waals surface area contributed by atoms with Crippen LogP contribution < -0.4 is 5.32 Å². The molecule has 0 saturated heterocycles. The molecule has 0 heterocycles. The van der Waals surface area contributed by atoms with Crippen LogP contribution in [0.1, 0.15) is 27.9 Å². The van der Waals surface area contributed by atoms with Crippen molar-refractivity contribution < 1.29 is 4.79 Å². The van der Waals surface area contributed by atoms with E-state index in [1.807, 2.05) is 19.2 Å². The van der Waals surface area contributed by atoms with Crippen molar-refractivity contribution in [2.24, 2.45) is 0 Å². The molecule has 1 aromatic rings. The number of fused-ring (bicyclic) bond motifs is 1. The number of carbonyl (C=O) groups excluding carboxylic acids is 1. The predicted octanol–water partition coefficient (Wildman–Crippen LogP) is 2.05. The van der Waals surface area contributed by atoms with E-state index in [2.05, 4.69) is 23.5 Å². The lowest BCUT2D eigenvalue weighted by Crippen LogP contribution is -2.03. The normalized spacial score (nSPS) is 14.9. The number of benzene rings is 1. The van der Waals surface area contributed by atoms with Gasteiger partial charge in [-0.05, 0) is 24.6 Å². The molecule has 0 fully saturated rings. The molecule has 2 nitrogen and oxygen atoms in total. The van der Waals surface area contributed by atoms with E-state index in [4.69, 9.17) is 0 Å². The molecule has 0 aliphatic heterocycles. The van der Waals surface area contributed by atoms with Gasteiger partial charge in [0, 0.05) is 18.5 Å². The van der Waals surface area contributed by atoms with Crippen molar-refractivity contribution in [3.8, 4) is 0 Å². The monoisotopic (exact) mass is 201 g/mol. The molecule has 0 atom stereocenters. The van der Waals surface area contributed by atoms with Gasteiger partial charge in [-0.1, -0.05) is 30.4 Å². The van der Waals surface area contributed by atoms with Crippen molar-refractivity contribution in [2.75, 3.05) is 13.6 Å².